The maximum absolute atomic E-state index is 12.6. The fourth-order valence-corrected chi connectivity index (χ4v) is 4.24. The molecule has 6 heteroatoms. The van der Waals surface area contributed by atoms with Gasteiger partial charge in [-0.3, -0.25) is 4.79 Å². The van der Waals surface area contributed by atoms with E-state index < -0.39 is 10.0 Å². The molecule has 2 aromatic rings. The molecule has 0 saturated carbocycles. The molecular weight excluding hydrogens is 360 g/mol. The maximum atomic E-state index is 12.6. The highest BCUT2D eigenvalue weighted by Crippen LogP contribution is 2.19. The lowest BCUT2D eigenvalue weighted by Crippen LogP contribution is -2.37. The number of nitrogens with one attached hydrogen (secondary N) is 1. The first-order valence-corrected chi connectivity index (χ1v) is 10.8. The lowest BCUT2D eigenvalue weighted by molar-refractivity contribution is 0.0697. The Hall–Kier alpha value is -2.18. The number of piperidine rings is 1. The van der Waals surface area contributed by atoms with Crippen molar-refractivity contribution in [3.8, 4) is 0 Å². The maximum Gasteiger partial charge on any atom is 0.253 e. The molecule has 144 valence electrons. The number of benzene rings is 2. The monoisotopic (exact) mass is 386 g/mol. The second-order valence-electron chi connectivity index (χ2n) is 7.25. The number of likely N-dealkylation sites (tertiary alicyclic amines) is 1. The van der Waals surface area contributed by atoms with Crippen LogP contribution in [-0.4, -0.2) is 32.3 Å². The Morgan fingerprint density at radius 3 is 2.33 bits per heavy atom. The standard InChI is InChI=1S/C21H26N2O3S/c1-16-11-13-23(14-12-16)21(24)18-7-9-20(10-8-18)27(25,26)22-15-19-6-4-3-5-17(19)2/h3-10,16,22H,11-15H2,1-2H3. The quantitative estimate of drug-likeness (QED) is 0.857. The van der Waals surface area contributed by atoms with E-state index in [0.717, 1.165) is 37.1 Å². The number of carbonyl (C=O) groups excluding carboxylic acids is 1. The zero-order valence-corrected chi connectivity index (χ0v) is 16.6. The summed E-state index contributed by atoms with van der Waals surface area (Å²) in [7, 11) is -3.62. The predicted octanol–water partition coefficient (Wildman–Crippen LogP) is 3.35. The van der Waals surface area contributed by atoms with Gasteiger partial charge in [-0.1, -0.05) is 31.2 Å². The molecular formula is C21H26N2O3S. The van der Waals surface area contributed by atoms with Gasteiger partial charge < -0.3 is 4.90 Å². The first-order chi connectivity index (χ1) is 12.9. The van der Waals surface area contributed by atoms with Crippen molar-refractivity contribution in [1.29, 1.82) is 0 Å². The van der Waals surface area contributed by atoms with Crippen LogP contribution in [0, 0.1) is 12.8 Å². The molecule has 0 atom stereocenters. The van der Waals surface area contributed by atoms with E-state index in [1.807, 2.05) is 36.1 Å². The van der Waals surface area contributed by atoms with Crippen LogP contribution in [0.5, 0.6) is 0 Å². The summed E-state index contributed by atoms with van der Waals surface area (Å²) < 4.78 is 27.7. The molecule has 0 aromatic heterocycles. The molecule has 1 heterocycles. The minimum absolute atomic E-state index is 0.0290. The van der Waals surface area contributed by atoms with E-state index in [4.69, 9.17) is 0 Å². The van der Waals surface area contributed by atoms with Crippen LogP contribution in [0.4, 0.5) is 0 Å². The van der Waals surface area contributed by atoms with Crippen molar-refractivity contribution in [2.45, 2.75) is 38.1 Å². The van der Waals surface area contributed by atoms with Crippen LogP contribution in [0.15, 0.2) is 53.4 Å². The highest BCUT2D eigenvalue weighted by molar-refractivity contribution is 7.89. The fraction of sp³-hybridized carbons (Fsp3) is 0.381. The molecule has 1 amide bonds. The third-order valence-corrected chi connectivity index (χ3v) is 6.61. The Kier molecular flexibility index (Phi) is 5.97. The average molecular weight is 387 g/mol. The van der Waals surface area contributed by atoms with Gasteiger partial charge in [-0.15, -0.1) is 0 Å². The third-order valence-electron chi connectivity index (χ3n) is 5.20. The summed E-state index contributed by atoms with van der Waals surface area (Å²) in [5, 5.41) is 0. The predicted molar refractivity (Wildman–Crippen MR) is 106 cm³/mol. The van der Waals surface area contributed by atoms with Gasteiger partial charge in [-0.25, -0.2) is 13.1 Å². The zero-order valence-electron chi connectivity index (χ0n) is 15.8. The number of aryl methyl sites for hydroxylation is 1. The molecule has 0 aliphatic carbocycles. The van der Waals surface area contributed by atoms with Crippen molar-refractivity contribution >= 4 is 15.9 Å². The van der Waals surface area contributed by atoms with Crippen molar-refractivity contribution in [2.75, 3.05) is 13.1 Å². The van der Waals surface area contributed by atoms with Crippen LogP contribution in [-0.2, 0) is 16.6 Å². The molecule has 3 rings (SSSR count). The first-order valence-electron chi connectivity index (χ1n) is 9.30. The summed E-state index contributed by atoms with van der Waals surface area (Å²) in [6.45, 7) is 5.91. The first kappa shape index (κ1) is 19.6. The number of carbonyl (C=O) groups is 1. The smallest absolute Gasteiger partial charge is 0.253 e. The molecule has 2 aromatic carbocycles. The second-order valence-corrected chi connectivity index (χ2v) is 9.02. The van der Waals surface area contributed by atoms with E-state index in [0.29, 0.717) is 11.5 Å². The van der Waals surface area contributed by atoms with Crippen LogP contribution >= 0.6 is 0 Å². The van der Waals surface area contributed by atoms with Crippen molar-refractivity contribution in [2.24, 2.45) is 5.92 Å². The summed E-state index contributed by atoms with van der Waals surface area (Å²) in [4.78, 5) is 14.6. The second kappa shape index (κ2) is 8.23. The van der Waals surface area contributed by atoms with E-state index in [1.165, 1.54) is 12.1 Å². The highest BCUT2D eigenvalue weighted by Gasteiger charge is 2.22. The van der Waals surface area contributed by atoms with E-state index in [2.05, 4.69) is 11.6 Å². The fourth-order valence-electron chi connectivity index (χ4n) is 3.24. The number of amides is 1. The average Bonchev–Trinajstić information content (AvgIpc) is 2.67. The zero-order chi connectivity index (χ0) is 19.4. The number of hydrogen-bond donors (Lipinski definition) is 1. The molecule has 1 aliphatic heterocycles. The van der Waals surface area contributed by atoms with E-state index in [-0.39, 0.29) is 17.3 Å². The molecule has 0 bridgehead atoms. The third kappa shape index (κ3) is 4.76. The Balaban J connectivity index is 1.67. The van der Waals surface area contributed by atoms with Crippen LogP contribution in [0.3, 0.4) is 0 Å². The van der Waals surface area contributed by atoms with Crippen LogP contribution in [0.2, 0.25) is 0 Å². The summed E-state index contributed by atoms with van der Waals surface area (Å²) in [5.41, 5.74) is 2.51. The summed E-state index contributed by atoms with van der Waals surface area (Å²) in [5.74, 6) is 0.625. The van der Waals surface area contributed by atoms with Crippen molar-refractivity contribution in [3.05, 3.63) is 65.2 Å². The molecule has 0 radical (unpaired) electrons. The Morgan fingerprint density at radius 1 is 1.07 bits per heavy atom. The van der Waals surface area contributed by atoms with Crippen molar-refractivity contribution in [3.63, 3.8) is 0 Å². The molecule has 1 saturated heterocycles. The number of hydrogen-bond acceptors (Lipinski definition) is 3. The van der Waals surface area contributed by atoms with Crippen LogP contribution < -0.4 is 4.72 Å². The lowest BCUT2D eigenvalue weighted by atomic mass is 9.98. The molecule has 1 aliphatic rings. The molecule has 1 N–H and O–H groups in total. The SMILES string of the molecule is Cc1ccccc1CNS(=O)(=O)c1ccc(C(=O)N2CCC(C)CC2)cc1. The van der Waals surface area contributed by atoms with E-state index in [1.54, 1.807) is 12.1 Å². The number of nitrogens with zero attached hydrogens (tertiary/aromatic N) is 1. The summed E-state index contributed by atoms with van der Waals surface area (Å²) >= 11 is 0. The van der Waals surface area contributed by atoms with Gasteiger partial charge in [0.2, 0.25) is 10.0 Å². The molecule has 27 heavy (non-hydrogen) atoms. The van der Waals surface area contributed by atoms with Crippen LogP contribution in [0.1, 0.15) is 41.3 Å². The summed E-state index contributed by atoms with van der Waals surface area (Å²) in [6, 6.07) is 13.9. The molecule has 1 fully saturated rings. The normalized spacial score (nSPS) is 15.7. The van der Waals surface area contributed by atoms with Crippen LogP contribution in [0.25, 0.3) is 0 Å². The Labute approximate surface area is 161 Å². The minimum atomic E-state index is -3.62. The molecule has 0 spiro atoms. The van der Waals surface area contributed by atoms with Gasteiger partial charge in [-0.05, 0) is 61.1 Å². The van der Waals surface area contributed by atoms with Gasteiger partial charge in [0, 0.05) is 25.2 Å². The minimum Gasteiger partial charge on any atom is -0.339 e. The Bertz CT molecular complexity index is 899. The van der Waals surface area contributed by atoms with E-state index >= 15 is 0 Å². The number of rotatable bonds is 5. The summed E-state index contributed by atoms with van der Waals surface area (Å²) in [6.07, 6.45) is 2.03. The number of sulfonamides is 1. The lowest BCUT2D eigenvalue weighted by Gasteiger charge is -2.30. The van der Waals surface area contributed by atoms with Gasteiger partial charge >= 0.3 is 0 Å². The Morgan fingerprint density at radius 2 is 1.70 bits per heavy atom. The van der Waals surface area contributed by atoms with Crippen molar-refractivity contribution < 1.29 is 13.2 Å². The van der Waals surface area contributed by atoms with Gasteiger partial charge in [-0.2, -0.15) is 0 Å². The van der Waals surface area contributed by atoms with E-state index in [9.17, 15) is 13.2 Å². The molecule has 0 unspecified atom stereocenters. The highest BCUT2D eigenvalue weighted by atomic mass is 32.2. The van der Waals surface area contributed by atoms with Gasteiger partial charge in [0.15, 0.2) is 0 Å². The van der Waals surface area contributed by atoms with Gasteiger partial charge in [0.05, 0.1) is 4.90 Å². The van der Waals surface area contributed by atoms with Gasteiger partial charge in [0.1, 0.15) is 0 Å². The largest absolute Gasteiger partial charge is 0.339 e. The van der Waals surface area contributed by atoms with Crippen molar-refractivity contribution in [1.82, 2.24) is 9.62 Å². The molecule has 5 nitrogen and oxygen atoms in total. The topological polar surface area (TPSA) is 66.5 Å². The van der Waals surface area contributed by atoms with Gasteiger partial charge in [0.25, 0.3) is 5.91 Å².